The van der Waals surface area contributed by atoms with Crippen LogP contribution in [0.4, 0.5) is 0 Å². The lowest BCUT2D eigenvalue weighted by Crippen LogP contribution is -2.60. The quantitative estimate of drug-likeness (QED) is 0.543. The van der Waals surface area contributed by atoms with Crippen LogP contribution in [0.25, 0.3) is 0 Å². The average molecular weight is 420 g/mol. The van der Waals surface area contributed by atoms with Crippen molar-refractivity contribution in [3.63, 3.8) is 0 Å². The lowest BCUT2D eigenvalue weighted by Gasteiger charge is -2.36. The molecule has 0 saturated carbocycles. The molecule has 0 radical (unpaired) electrons. The van der Waals surface area contributed by atoms with E-state index < -0.39 is 12.0 Å². The Balaban J connectivity index is 2.03. The predicted octanol–water partition coefficient (Wildman–Crippen LogP) is 2.21. The third-order valence-corrected chi connectivity index (χ3v) is 4.93. The highest BCUT2D eigenvalue weighted by Crippen LogP contribution is 2.15. The van der Waals surface area contributed by atoms with E-state index in [4.69, 9.17) is 17.0 Å². The molecule has 1 saturated heterocycles. The molecule has 0 aliphatic carbocycles. The van der Waals surface area contributed by atoms with Crippen molar-refractivity contribution in [2.75, 3.05) is 19.7 Å². The molecule has 2 rings (SSSR count). The number of nitrogens with one attached hydrogen (secondary N) is 2. The van der Waals surface area contributed by atoms with Crippen LogP contribution in [-0.4, -0.2) is 53.5 Å². The van der Waals surface area contributed by atoms with Crippen LogP contribution >= 0.6 is 12.2 Å². The average Bonchev–Trinajstić information content (AvgIpc) is 2.67. The van der Waals surface area contributed by atoms with Gasteiger partial charge in [0.25, 0.3) is 5.91 Å². The van der Waals surface area contributed by atoms with Crippen LogP contribution in [0.3, 0.4) is 0 Å². The first-order valence-corrected chi connectivity index (χ1v) is 10.2. The van der Waals surface area contributed by atoms with E-state index in [1.165, 1.54) is 0 Å². The summed E-state index contributed by atoms with van der Waals surface area (Å²) in [6.45, 7) is 9.11. The van der Waals surface area contributed by atoms with Gasteiger partial charge < -0.3 is 15.0 Å². The van der Waals surface area contributed by atoms with Gasteiger partial charge in [-0.1, -0.05) is 39.8 Å². The molecule has 0 bridgehead atoms. The van der Waals surface area contributed by atoms with Gasteiger partial charge in [-0.2, -0.15) is 0 Å². The van der Waals surface area contributed by atoms with Crippen LogP contribution in [0.2, 0.25) is 0 Å². The Morgan fingerprint density at radius 2 is 1.90 bits per heavy atom. The number of esters is 1. The highest BCUT2D eigenvalue weighted by Gasteiger charge is 2.34. The number of thiocarbonyl (C=S) groups is 1. The van der Waals surface area contributed by atoms with Gasteiger partial charge in [-0.05, 0) is 41.7 Å². The molecule has 1 fully saturated rings. The molecule has 1 aromatic carbocycles. The maximum atomic E-state index is 12.5. The molecule has 0 spiro atoms. The zero-order valence-corrected chi connectivity index (χ0v) is 18.2. The summed E-state index contributed by atoms with van der Waals surface area (Å²) in [4.78, 5) is 38.5. The number of amides is 2. The first-order valence-electron chi connectivity index (χ1n) is 9.84. The SMILES string of the molecule is CC(C)COC(=O)CC1C(=O)NCCN1C(=S)NC(=O)c1ccc(C(C)C)cc1. The summed E-state index contributed by atoms with van der Waals surface area (Å²) in [6.07, 6.45) is -0.127. The van der Waals surface area contributed by atoms with E-state index in [-0.39, 0.29) is 29.3 Å². The molecule has 7 nitrogen and oxygen atoms in total. The highest BCUT2D eigenvalue weighted by molar-refractivity contribution is 7.80. The van der Waals surface area contributed by atoms with E-state index in [0.29, 0.717) is 31.2 Å². The van der Waals surface area contributed by atoms with E-state index in [9.17, 15) is 14.4 Å². The molecule has 1 heterocycles. The molecule has 8 heteroatoms. The number of carbonyl (C=O) groups is 3. The number of benzene rings is 1. The molecule has 1 aromatic rings. The van der Waals surface area contributed by atoms with Crippen molar-refractivity contribution in [2.45, 2.75) is 46.1 Å². The minimum atomic E-state index is -0.806. The third-order valence-electron chi connectivity index (χ3n) is 4.59. The van der Waals surface area contributed by atoms with Gasteiger partial charge in [-0.25, -0.2) is 0 Å². The Hall–Kier alpha value is -2.48. The van der Waals surface area contributed by atoms with Crippen LogP contribution in [0.1, 0.15) is 56.0 Å². The molecule has 0 aromatic heterocycles. The molecule has 2 amide bonds. The normalized spacial score (nSPS) is 16.6. The fraction of sp³-hybridized carbons (Fsp3) is 0.524. The maximum Gasteiger partial charge on any atom is 0.308 e. The Morgan fingerprint density at radius 1 is 1.24 bits per heavy atom. The third kappa shape index (κ3) is 6.52. The lowest BCUT2D eigenvalue weighted by molar-refractivity contribution is -0.148. The number of nitrogens with zero attached hydrogens (tertiary/aromatic N) is 1. The van der Waals surface area contributed by atoms with Crippen molar-refractivity contribution in [1.82, 2.24) is 15.5 Å². The largest absolute Gasteiger partial charge is 0.465 e. The van der Waals surface area contributed by atoms with Crippen LogP contribution in [0.15, 0.2) is 24.3 Å². The summed E-state index contributed by atoms with van der Waals surface area (Å²) < 4.78 is 5.19. The van der Waals surface area contributed by atoms with Crippen molar-refractivity contribution in [1.29, 1.82) is 0 Å². The Bertz CT molecular complexity index is 762. The topological polar surface area (TPSA) is 87.7 Å². The number of piperazine rings is 1. The van der Waals surface area contributed by atoms with Gasteiger partial charge in [-0.15, -0.1) is 0 Å². The number of carbonyl (C=O) groups excluding carboxylic acids is 3. The van der Waals surface area contributed by atoms with Gasteiger partial charge in [0.2, 0.25) is 5.91 Å². The first kappa shape index (κ1) is 22.8. The van der Waals surface area contributed by atoms with Gasteiger partial charge in [0.05, 0.1) is 13.0 Å². The Morgan fingerprint density at radius 3 is 2.48 bits per heavy atom. The zero-order valence-electron chi connectivity index (χ0n) is 17.4. The van der Waals surface area contributed by atoms with E-state index in [1.54, 1.807) is 17.0 Å². The van der Waals surface area contributed by atoms with Gasteiger partial charge in [0.1, 0.15) is 6.04 Å². The summed E-state index contributed by atoms with van der Waals surface area (Å²) >= 11 is 5.37. The first-order chi connectivity index (χ1) is 13.7. The Kier molecular flexibility index (Phi) is 8.13. The second-order valence-corrected chi connectivity index (χ2v) is 8.20. The van der Waals surface area contributed by atoms with Crippen LogP contribution < -0.4 is 10.6 Å². The number of rotatable bonds is 6. The summed E-state index contributed by atoms with van der Waals surface area (Å²) in [5.41, 5.74) is 1.61. The smallest absolute Gasteiger partial charge is 0.308 e. The van der Waals surface area contributed by atoms with Gasteiger partial charge in [-0.3, -0.25) is 19.7 Å². The van der Waals surface area contributed by atoms with Crippen molar-refractivity contribution >= 4 is 35.1 Å². The van der Waals surface area contributed by atoms with Crippen molar-refractivity contribution in [3.05, 3.63) is 35.4 Å². The van der Waals surface area contributed by atoms with E-state index >= 15 is 0 Å². The molecule has 29 heavy (non-hydrogen) atoms. The molecule has 158 valence electrons. The van der Waals surface area contributed by atoms with Crippen LogP contribution in [0.5, 0.6) is 0 Å². The summed E-state index contributed by atoms with van der Waals surface area (Å²) in [5.74, 6) is -0.550. The fourth-order valence-corrected chi connectivity index (χ4v) is 3.21. The fourth-order valence-electron chi connectivity index (χ4n) is 2.90. The standard InChI is InChI=1S/C21H29N3O4S/c1-13(2)12-28-18(25)11-17-20(27)22-9-10-24(17)21(29)23-19(26)16-7-5-15(6-8-16)14(3)4/h5-8,13-14,17H,9-12H2,1-4H3,(H,22,27)(H,23,26,29). The maximum absolute atomic E-state index is 12.5. The van der Waals surface area contributed by atoms with E-state index in [0.717, 1.165) is 5.56 Å². The molecule has 1 unspecified atom stereocenters. The number of hydrogen-bond acceptors (Lipinski definition) is 5. The molecule has 2 N–H and O–H groups in total. The van der Waals surface area contributed by atoms with Crippen LogP contribution in [-0.2, 0) is 14.3 Å². The van der Waals surface area contributed by atoms with Crippen LogP contribution in [0, 0.1) is 5.92 Å². The molecular formula is C21H29N3O4S. The van der Waals surface area contributed by atoms with Gasteiger partial charge in [0, 0.05) is 18.7 Å². The zero-order chi connectivity index (χ0) is 21.6. The number of hydrogen-bond donors (Lipinski definition) is 2. The molecule has 1 aliphatic heterocycles. The number of ether oxygens (including phenoxy) is 1. The summed E-state index contributed by atoms with van der Waals surface area (Å²) in [7, 11) is 0. The minimum Gasteiger partial charge on any atom is -0.465 e. The molecular weight excluding hydrogens is 390 g/mol. The minimum absolute atomic E-state index is 0.124. The predicted molar refractivity (Wildman–Crippen MR) is 115 cm³/mol. The van der Waals surface area contributed by atoms with E-state index in [1.807, 2.05) is 26.0 Å². The summed E-state index contributed by atoms with van der Waals surface area (Å²) in [5, 5.41) is 5.53. The second kappa shape index (κ2) is 10.3. The van der Waals surface area contributed by atoms with Crippen molar-refractivity contribution in [2.24, 2.45) is 5.92 Å². The lowest BCUT2D eigenvalue weighted by atomic mass is 10.0. The molecule has 1 atom stereocenters. The van der Waals surface area contributed by atoms with Gasteiger partial charge >= 0.3 is 5.97 Å². The van der Waals surface area contributed by atoms with Crippen molar-refractivity contribution < 1.29 is 19.1 Å². The molecule has 1 aliphatic rings. The monoisotopic (exact) mass is 419 g/mol. The second-order valence-electron chi connectivity index (χ2n) is 7.82. The van der Waals surface area contributed by atoms with Gasteiger partial charge in [0.15, 0.2) is 5.11 Å². The highest BCUT2D eigenvalue weighted by atomic mass is 32.1. The van der Waals surface area contributed by atoms with E-state index in [2.05, 4.69) is 24.5 Å². The Labute approximate surface area is 177 Å². The van der Waals surface area contributed by atoms with Crippen molar-refractivity contribution in [3.8, 4) is 0 Å². The summed E-state index contributed by atoms with van der Waals surface area (Å²) in [6, 6.07) is 6.50.